The smallest absolute Gasteiger partial charge is 0.406 e. The maximum absolute atomic E-state index is 12.6. The van der Waals surface area contributed by atoms with E-state index in [4.69, 9.17) is 11.6 Å². The summed E-state index contributed by atoms with van der Waals surface area (Å²) in [6.07, 6.45) is -4.77. The lowest BCUT2D eigenvalue weighted by Gasteiger charge is -2.56. The molecule has 0 amide bonds. The Labute approximate surface area is 190 Å². The highest BCUT2D eigenvalue weighted by molar-refractivity contribution is 6.30. The monoisotopic (exact) mass is 461 g/mol. The van der Waals surface area contributed by atoms with Crippen LogP contribution in [0.15, 0.2) is 72.8 Å². The number of hydrogen-bond acceptors (Lipinski definition) is 3. The molecule has 4 rings (SSSR count). The Balaban J connectivity index is 1.79. The molecule has 0 bridgehead atoms. The van der Waals surface area contributed by atoms with Gasteiger partial charge in [-0.1, -0.05) is 61.0 Å². The number of nitrogens with zero attached hydrogens (tertiary/aromatic N) is 1. The van der Waals surface area contributed by atoms with E-state index < -0.39 is 17.4 Å². The van der Waals surface area contributed by atoms with Crippen molar-refractivity contribution in [2.24, 2.45) is 5.41 Å². The second-order valence-electron chi connectivity index (χ2n) is 8.61. The molecule has 3 nitrogen and oxygen atoms in total. The molecule has 1 fully saturated rings. The maximum atomic E-state index is 12.6. The summed E-state index contributed by atoms with van der Waals surface area (Å²) in [6.45, 7) is 3.25. The third-order valence-electron chi connectivity index (χ3n) is 6.06. The molecule has 0 aromatic heterocycles. The highest BCUT2D eigenvalue weighted by Gasteiger charge is 2.55. The molecule has 1 aliphatic heterocycles. The SMILES string of the molecule is CN1CC(C)([C@@](O)(c2ccc(OC(F)(F)F)cc2)c2cccc(-c3cccc(Cl)c3)c2)C1. The van der Waals surface area contributed by atoms with Crippen LogP contribution in [0.4, 0.5) is 13.2 Å². The normalized spacial score (nSPS) is 18.0. The van der Waals surface area contributed by atoms with Gasteiger partial charge in [0.25, 0.3) is 0 Å². The van der Waals surface area contributed by atoms with E-state index in [0.717, 1.165) is 11.1 Å². The second kappa shape index (κ2) is 8.10. The van der Waals surface area contributed by atoms with E-state index in [1.807, 2.05) is 56.4 Å². The number of ether oxygens (including phenoxy) is 1. The average Bonchev–Trinajstić information content (AvgIpc) is 2.71. The quantitative estimate of drug-likeness (QED) is 0.499. The molecule has 0 spiro atoms. The van der Waals surface area contributed by atoms with Gasteiger partial charge in [0.05, 0.1) is 0 Å². The molecule has 1 aliphatic rings. The van der Waals surface area contributed by atoms with Gasteiger partial charge >= 0.3 is 6.36 Å². The van der Waals surface area contributed by atoms with Crippen LogP contribution in [-0.2, 0) is 5.60 Å². The van der Waals surface area contributed by atoms with E-state index in [0.29, 0.717) is 29.2 Å². The van der Waals surface area contributed by atoms with Crippen LogP contribution in [0.2, 0.25) is 5.02 Å². The van der Waals surface area contributed by atoms with Crippen molar-refractivity contribution in [2.45, 2.75) is 18.9 Å². The number of hydrogen-bond donors (Lipinski definition) is 1. The van der Waals surface area contributed by atoms with Gasteiger partial charge in [-0.25, -0.2) is 0 Å². The van der Waals surface area contributed by atoms with Gasteiger partial charge in [-0.05, 0) is 59.6 Å². The van der Waals surface area contributed by atoms with E-state index in [1.54, 1.807) is 6.07 Å². The second-order valence-corrected chi connectivity index (χ2v) is 9.04. The Hall–Kier alpha value is -2.54. The van der Waals surface area contributed by atoms with Crippen LogP contribution >= 0.6 is 11.6 Å². The van der Waals surface area contributed by atoms with Gasteiger partial charge < -0.3 is 14.7 Å². The van der Waals surface area contributed by atoms with Crippen LogP contribution in [0.3, 0.4) is 0 Å². The lowest BCUT2D eigenvalue weighted by atomic mass is 9.62. The average molecular weight is 462 g/mol. The zero-order valence-electron chi connectivity index (χ0n) is 17.7. The number of rotatable bonds is 5. The van der Waals surface area contributed by atoms with Crippen LogP contribution in [0.5, 0.6) is 5.75 Å². The van der Waals surface area contributed by atoms with Crippen LogP contribution in [0, 0.1) is 5.41 Å². The van der Waals surface area contributed by atoms with Crippen LogP contribution < -0.4 is 4.74 Å². The number of alkyl halides is 3. The van der Waals surface area contributed by atoms with Gasteiger partial charge in [-0.3, -0.25) is 0 Å². The van der Waals surface area contributed by atoms with Crippen molar-refractivity contribution in [3.8, 4) is 16.9 Å². The molecule has 3 aromatic carbocycles. The molecule has 3 aromatic rings. The Morgan fingerprint density at radius 2 is 1.50 bits per heavy atom. The number of aliphatic hydroxyl groups is 1. The summed E-state index contributed by atoms with van der Waals surface area (Å²) >= 11 is 6.15. The van der Waals surface area contributed by atoms with E-state index in [9.17, 15) is 18.3 Å². The Morgan fingerprint density at radius 3 is 2.06 bits per heavy atom. The maximum Gasteiger partial charge on any atom is 0.573 e. The standard InChI is InChI=1S/C25H23ClF3NO2/c1-23(15-30(2)16-23)24(31,19-9-11-22(12-10-19)32-25(27,28)29)20-7-3-5-17(13-20)18-6-4-8-21(26)14-18/h3-14,31H,15-16H2,1-2H3/t24-/m1/s1. The molecule has 7 heteroatoms. The zero-order chi connectivity index (χ0) is 23.1. The summed E-state index contributed by atoms with van der Waals surface area (Å²) in [5.41, 5.74) is 0.996. The molecule has 32 heavy (non-hydrogen) atoms. The first-order valence-corrected chi connectivity index (χ1v) is 10.5. The van der Waals surface area contributed by atoms with Crippen LogP contribution in [-0.4, -0.2) is 36.5 Å². The molecule has 168 valence electrons. The molecule has 1 saturated heterocycles. The van der Waals surface area contributed by atoms with Gasteiger partial charge in [0, 0.05) is 23.5 Å². The van der Waals surface area contributed by atoms with E-state index in [-0.39, 0.29) is 5.75 Å². The van der Waals surface area contributed by atoms with Crippen molar-refractivity contribution in [1.82, 2.24) is 4.90 Å². The van der Waals surface area contributed by atoms with Crippen LogP contribution in [0.1, 0.15) is 18.1 Å². The van der Waals surface area contributed by atoms with E-state index in [1.165, 1.54) is 24.3 Å². The third-order valence-corrected chi connectivity index (χ3v) is 6.29. The zero-order valence-corrected chi connectivity index (χ0v) is 18.4. The van der Waals surface area contributed by atoms with Gasteiger partial charge in [0.15, 0.2) is 0 Å². The lowest BCUT2D eigenvalue weighted by Crippen LogP contribution is -2.63. The summed E-state index contributed by atoms with van der Waals surface area (Å²) in [5.74, 6) is -0.327. The van der Waals surface area contributed by atoms with Gasteiger partial charge in [-0.2, -0.15) is 0 Å². The first-order chi connectivity index (χ1) is 15.0. The third kappa shape index (κ3) is 4.22. The molecule has 0 aliphatic carbocycles. The van der Waals surface area contributed by atoms with Gasteiger partial charge in [-0.15, -0.1) is 13.2 Å². The molecule has 1 N–H and O–H groups in total. The molecule has 0 unspecified atom stereocenters. The minimum absolute atomic E-state index is 0.327. The topological polar surface area (TPSA) is 32.7 Å². The molecule has 1 atom stereocenters. The number of halogens is 4. The number of benzene rings is 3. The summed E-state index contributed by atoms with van der Waals surface area (Å²) in [6, 6.07) is 20.5. The fourth-order valence-electron chi connectivity index (χ4n) is 4.73. The Kier molecular flexibility index (Phi) is 5.74. The van der Waals surface area contributed by atoms with Crippen molar-refractivity contribution < 1.29 is 23.0 Å². The Bertz CT molecular complexity index is 1110. The van der Waals surface area contributed by atoms with Crippen LogP contribution in [0.25, 0.3) is 11.1 Å². The highest BCUT2D eigenvalue weighted by Crippen LogP contribution is 2.50. The highest BCUT2D eigenvalue weighted by atomic mass is 35.5. The molecule has 0 radical (unpaired) electrons. The lowest BCUT2D eigenvalue weighted by molar-refractivity contribution is -0.274. The first-order valence-electron chi connectivity index (χ1n) is 10.1. The van der Waals surface area contributed by atoms with Crippen molar-refractivity contribution in [2.75, 3.05) is 20.1 Å². The van der Waals surface area contributed by atoms with Gasteiger partial charge in [0.1, 0.15) is 11.4 Å². The predicted molar refractivity (Wildman–Crippen MR) is 119 cm³/mol. The molecule has 1 heterocycles. The molecular formula is C25H23ClF3NO2. The summed E-state index contributed by atoms with van der Waals surface area (Å²) in [7, 11) is 1.96. The fourth-order valence-corrected chi connectivity index (χ4v) is 4.92. The minimum atomic E-state index is -4.77. The first kappa shape index (κ1) is 22.6. The molecular weight excluding hydrogens is 439 g/mol. The van der Waals surface area contributed by atoms with E-state index >= 15 is 0 Å². The largest absolute Gasteiger partial charge is 0.573 e. The summed E-state index contributed by atoms with van der Waals surface area (Å²) in [5, 5.41) is 12.8. The minimum Gasteiger partial charge on any atom is -0.406 e. The number of likely N-dealkylation sites (tertiary alicyclic amines) is 1. The van der Waals surface area contributed by atoms with Crippen molar-refractivity contribution >= 4 is 11.6 Å². The summed E-state index contributed by atoms with van der Waals surface area (Å²) in [4.78, 5) is 2.09. The van der Waals surface area contributed by atoms with Crippen molar-refractivity contribution in [3.05, 3.63) is 88.9 Å². The van der Waals surface area contributed by atoms with Crippen molar-refractivity contribution in [1.29, 1.82) is 0 Å². The van der Waals surface area contributed by atoms with E-state index in [2.05, 4.69) is 9.64 Å². The van der Waals surface area contributed by atoms with Gasteiger partial charge in [0.2, 0.25) is 0 Å². The fraction of sp³-hybridized carbons (Fsp3) is 0.280. The Morgan fingerprint density at radius 1 is 0.906 bits per heavy atom. The summed E-state index contributed by atoms with van der Waals surface area (Å²) < 4.78 is 41.8. The molecule has 0 saturated carbocycles. The van der Waals surface area contributed by atoms with Crippen molar-refractivity contribution in [3.63, 3.8) is 0 Å². The predicted octanol–water partition coefficient (Wildman–Crippen LogP) is 6.09.